The Bertz CT molecular complexity index is 273. The molecule has 0 spiro atoms. The quantitative estimate of drug-likeness (QED) is 0.755. The third-order valence-electron chi connectivity index (χ3n) is 4.14. The summed E-state index contributed by atoms with van der Waals surface area (Å²) in [5, 5.41) is 3.15. The lowest BCUT2D eigenvalue weighted by Gasteiger charge is -2.31. The van der Waals surface area contributed by atoms with Crippen LogP contribution in [0.25, 0.3) is 0 Å². The van der Waals surface area contributed by atoms with E-state index in [0.717, 1.165) is 26.1 Å². The number of nitrogens with two attached hydrogens (primary N) is 1. The molecule has 1 heterocycles. The Kier molecular flexibility index (Phi) is 4.05. The maximum atomic E-state index is 12.0. The summed E-state index contributed by atoms with van der Waals surface area (Å²) in [4.78, 5) is 12.0. The van der Waals surface area contributed by atoms with Crippen LogP contribution in [0.2, 0.25) is 0 Å². The molecule has 17 heavy (non-hydrogen) atoms. The van der Waals surface area contributed by atoms with Gasteiger partial charge in [-0.05, 0) is 44.4 Å². The lowest BCUT2D eigenvalue weighted by molar-refractivity contribution is -0.124. The van der Waals surface area contributed by atoms with Gasteiger partial charge in [0.05, 0.1) is 5.54 Å². The minimum atomic E-state index is -0.178. The van der Waals surface area contributed by atoms with Crippen molar-refractivity contribution in [2.24, 2.45) is 17.6 Å². The zero-order valence-corrected chi connectivity index (χ0v) is 10.7. The van der Waals surface area contributed by atoms with Crippen molar-refractivity contribution in [3.05, 3.63) is 0 Å². The molecule has 2 fully saturated rings. The van der Waals surface area contributed by atoms with Crippen molar-refractivity contribution in [2.45, 2.75) is 44.6 Å². The molecule has 1 saturated heterocycles. The third-order valence-corrected chi connectivity index (χ3v) is 4.14. The van der Waals surface area contributed by atoms with Crippen LogP contribution in [0.1, 0.15) is 39.0 Å². The number of carbonyl (C=O) groups is 1. The number of carbonyl (C=O) groups excluding carboxylic acids is 1. The van der Waals surface area contributed by atoms with E-state index in [9.17, 15) is 4.79 Å². The largest absolute Gasteiger partial charge is 0.381 e. The van der Waals surface area contributed by atoms with Crippen LogP contribution in [-0.2, 0) is 9.53 Å². The maximum absolute atomic E-state index is 12.0. The molecule has 3 N–H and O–H groups in total. The monoisotopic (exact) mass is 240 g/mol. The average Bonchev–Trinajstić information content (AvgIpc) is 3.14. The number of hydrogen-bond acceptors (Lipinski definition) is 3. The van der Waals surface area contributed by atoms with E-state index in [0.29, 0.717) is 24.8 Å². The van der Waals surface area contributed by atoms with Crippen LogP contribution in [0.3, 0.4) is 0 Å². The normalized spacial score (nSPS) is 25.3. The van der Waals surface area contributed by atoms with Gasteiger partial charge in [-0.15, -0.1) is 0 Å². The van der Waals surface area contributed by atoms with Gasteiger partial charge in [-0.3, -0.25) is 4.79 Å². The highest BCUT2D eigenvalue weighted by molar-refractivity contribution is 5.77. The van der Waals surface area contributed by atoms with Crippen LogP contribution in [0, 0.1) is 11.8 Å². The van der Waals surface area contributed by atoms with Gasteiger partial charge >= 0.3 is 0 Å². The van der Waals surface area contributed by atoms with Gasteiger partial charge in [0.25, 0.3) is 0 Å². The summed E-state index contributed by atoms with van der Waals surface area (Å²) in [7, 11) is 0. The molecule has 0 bridgehead atoms. The first-order valence-electron chi connectivity index (χ1n) is 6.73. The Labute approximate surface area is 103 Å². The molecule has 1 unspecified atom stereocenters. The Morgan fingerprint density at radius 3 is 2.53 bits per heavy atom. The molecule has 1 saturated carbocycles. The molecule has 0 aromatic rings. The first-order chi connectivity index (χ1) is 8.14. The third kappa shape index (κ3) is 3.42. The number of hydrogen-bond donors (Lipinski definition) is 2. The van der Waals surface area contributed by atoms with Crippen molar-refractivity contribution >= 4 is 5.91 Å². The van der Waals surface area contributed by atoms with E-state index in [2.05, 4.69) is 12.2 Å². The maximum Gasteiger partial charge on any atom is 0.220 e. The average molecular weight is 240 g/mol. The van der Waals surface area contributed by atoms with Crippen molar-refractivity contribution < 1.29 is 9.53 Å². The molecule has 1 amide bonds. The molecule has 1 atom stereocenters. The summed E-state index contributed by atoms with van der Waals surface area (Å²) >= 11 is 0. The molecule has 4 nitrogen and oxygen atoms in total. The molecule has 1 aliphatic carbocycles. The molecule has 2 rings (SSSR count). The first-order valence-corrected chi connectivity index (χ1v) is 6.73. The van der Waals surface area contributed by atoms with E-state index < -0.39 is 0 Å². The first kappa shape index (κ1) is 12.8. The lowest BCUT2D eigenvalue weighted by atomic mass is 9.93. The molecule has 4 heteroatoms. The van der Waals surface area contributed by atoms with Crippen LogP contribution in [0.15, 0.2) is 0 Å². The fourth-order valence-electron chi connectivity index (χ4n) is 2.62. The number of rotatable bonds is 5. The van der Waals surface area contributed by atoms with Crippen LogP contribution in [-0.4, -0.2) is 31.2 Å². The number of amides is 1. The number of nitrogens with one attached hydrogen (secondary N) is 1. The summed E-state index contributed by atoms with van der Waals surface area (Å²) in [5.41, 5.74) is 5.62. The van der Waals surface area contributed by atoms with Crippen molar-refractivity contribution in [3.63, 3.8) is 0 Å². The molecular weight excluding hydrogens is 216 g/mol. The van der Waals surface area contributed by atoms with E-state index in [1.165, 1.54) is 12.8 Å². The summed E-state index contributed by atoms with van der Waals surface area (Å²) in [6.07, 6.45) is 5.05. The van der Waals surface area contributed by atoms with Gasteiger partial charge in [0.1, 0.15) is 0 Å². The Hall–Kier alpha value is -0.610. The highest BCUT2D eigenvalue weighted by Crippen LogP contribution is 2.39. The zero-order valence-electron chi connectivity index (χ0n) is 10.7. The van der Waals surface area contributed by atoms with E-state index in [1.807, 2.05) is 0 Å². The minimum Gasteiger partial charge on any atom is -0.381 e. The molecule has 0 radical (unpaired) electrons. The summed E-state index contributed by atoms with van der Waals surface area (Å²) in [6, 6.07) is 0. The van der Waals surface area contributed by atoms with Crippen molar-refractivity contribution in [2.75, 3.05) is 19.8 Å². The topological polar surface area (TPSA) is 64.3 Å². The fraction of sp³-hybridized carbons (Fsp3) is 0.923. The minimum absolute atomic E-state index is 0.164. The molecule has 2 aliphatic rings. The van der Waals surface area contributed by atoms with Gasteiger partial charge in [-0.2, -0.15) is 0 Å². The Morgan fingerprint density at radius 2 is 2.00 bits per heavy atom. The SMILES string of the molecule is CC(CN)(NC(=O)CC1CCOCC1)C1CC1. The van der Waals surface area contributed by atoms with Crippen molar-refractivity contribution in [1.82, 2.24) is 5.32 Å². The summed E-state index contributed by atoms with van der Waals surface area (Å²) < 4.78 is 5.30. The summed E-state index contributed by atoms with van der Waals surface area (Å²) in [5.74, 6) is 1.24. The predicted molar refractivity (Wildman–Crippen MR) is 66.5 cm³/mol. The smallest absolute Gasteiger partial charge is 0.220 e. The van der Waals surface area contributed by atoms with Crippen molar-refractivity contribution in [3.8, 4) is 0 Å². The van der Waals surface area contributed by atoms with Gasteiger partial charge in [-0.25, -0.2) is 0 Å². The van der Waals surface area contributed by atoms with Crippen LogP contribution in [0.5, 0.6) is 0 Å². The van der Waals surface area contributed by atoms with Gasteiger partial charge in [0.15, 0.2) is 0 Å². The highest BCUT2D eigenvalue weighted by Gasteiger charge is 2.41. The van der Waals surface area contributed by atoms with Crippen LogP contribution < -0.4 is 11.1 Å². The zero-order chi connectivity index (χ0) is 12.3. The highest BCUT2D eigenvalue weighted by atomic mass is 16.5. The standard InChI is InChI=1S/C13H24N2O2/c1-13(9-14,11-2-3-11)15-12(16)8-10-4-6-17-7-5-10/h10-11H,2-9,14H2,1H3,(H,15,16). The lowest BCUT2D eigenvalue weighted by Crippen LogP contribution is -2.53. The second-order valence-electron chi connectivity index (χ2n) is 5.70. The predicted octanol–water partition coefficient (Wildman–Crippen LogP) is 1.05. The van der Waals surface area contributed by atoms with Gasteiger partial charge < -0.3 is 15.8 Å². The van der Waals surface area contributed by atoms with E-state index in [-0.39, 0.29) is 11.4 Å². The molecule has 1 aliphatic heterocycles. The van der Waals surface area contributed by atoms with Crippen LogP contribution in [0.4, 0.5) is 0 Å². The molecule has 98 valence electrons. The molecular formula is C13H24N2O2. The second kappa shape index (κ2) is 5.36. The fourth-order valence-corrected chi connectivity index (χ4v) is 2.62. The summed E-state index contributed by atoms with van der Waals surface area (Å²) in [6.45, 7) is 4.22. The van der Waals surface area contributed by atoms with Gasteiger partial charge in [0.2, 0.25) is 5.91 Å². The number of ether oxygens (including phenoxy) is 1. The molecule has 0 aromatic carbocycles. The Morgan fingerprint density at radius 1 is 1.35 bits per heavy atom. The van der Waals surface area contributed by atoms with E-state index in [4.69, 9.17) is 10.5 Å². The van der Waals surface area contributed by atoms with Gasteiger partial charge in [-0.1, -0.05) is 0 Å². The second-order valence-corrected chi connectivity index (χ2v) is 5.70. The van der Waals surface area contributed by atoms with Crippen LogP contribution >= 0.6 is 0 Å². The van der Waals surface area contributed by atoms with E-state index >= 15 is 0 Å². The molecule has 0 aromatic heterocycles. The van der Waals surface area contributed by atoms with Gasteiger partial charge in [0, 0.05) is 26.2 Å². The van der Waals surface area contributed by atoms with E-state index in [1.54, 1.807) is 0 Å². The van der Waals surface area contributed by atoms with Crippen molar-refractivity contribution in [1.29, 1.82) is 0 Å². The Balaban J connectivity index is 1.79.